The summed E-state index contributed by atoms with van der Waals surface area (Å²) in [5, 5.41) is 22.9. The van der Waals surface area contributed by atoms with E-state index in [-0.39, 0.29) is 18.5 Å². The van der Waals surface area contributed by atoms with Gasteiger partial charge in [0.05, 0.1) is 25.4 Å². The normalized spacial score (nSPS) is 12.9. The molecule has 0 aliphatic rings. The summed E-state index contributed by atoms with van der Waals surface area (Å²) in [5.41, 5.74) is 0. The summed E-state index contributed by atoms with van der Waals surface area (Å²) in [6.07, 6.45) is 60.1. The van der Waals surface area contributed by atoms with Crippen LogP contribution in [0.15, 0.2) is 36.5 Å². The lowest BCUT2D eigenvalue weighted by Crippen LogP contribution is -2.45. The second kappa shape index (κ2) is 49.7. The summed E-state index contributed by atoms with van der Waals surface area (Å²) in [6, 6.07) is -0.633. The van der Waals surface area contributed by atoms with Gasteiger partial charge >= 0.3 is 5.97 Å². The Kier molecular flexibility index (Phi) is 48.1. The Balaban J connectivity index is 3.48. The number of unbranched alkanes of at least 4 members (excludes halogenated alkanes) is 34. The number of hydrogen-bond donors (Lipinski definition) is 3. The van der Waals surface area contributed by atoms with Crippen LogP contribution in [0.2, 0.25) is 0 Å². The Hall–Kier alpha value is -1.92. The van der Waals surface area contributed by atoms with Crippen molar-refractivity contribution in [3.05, 3.63) is 36.5 Å². The number of carbonyl (C=O) groups is 2. The standard InChI is InChI=1S/C54H101NO5/c1-3-5-7-9-11-13-15-16-25-28-32-36-40-44-48-54(59)60-49-45-41-37-33-29-26-23-21-19-17-18-20-22-24-27-31-35-39-43-47-53(58)55-51(50-56)52(57)46-42-38-34-30-14-12-10-8-6-4-2/h21,23,26,29,42,46,51-52,56-57H,3-20,22,24-25,27-28,30-41,43-45,47-50H2,1-2H3,(H,55,58)/b23-21-,29-26-,46-42+. The molecule has 60 heavy (non-hydrogen) atoms. The lowest BCUT2D eigenvalue weighted by atomic mass is 10.0. The van der Waals surface area contributed by atoms with E-state index in [9.17, 15) is 19.8 Å². The summed E-state index contributed by atoms with van der Waals surface area (Å²) in [7, 11) is 0. The van der Waals surface area contributed by atoms with Gasteiger partial charge < -0.3 is 20.3 Å². The Morgan fingerprint density at radius 3 is 1.23 bits per heavy atom. The topological polar surface area (TPSA) is 95.9 Å². The van der Waals surface area contributed by atoms with Gasteiger partial charge in [0.25, 0.3) is 0 Å². The average molecular weight is 844 g/mol. The van der Waals surface area contributed by atoms with Crippen LogP contribution in [0.3, 0.4) is 0 Å². The maximum absolute atomic E-state index is 12.4. The molecule has 2 unspecified atom stereocenters. The highest BCUT2D eigenvalue weighted by Gasteiger charge is 2.18. The number of nitrogens with one attached hydrogen (secondary N) is 1. The highest BCUT2D eigenvalue weighted by Crippen LogP contribution is 2.15. The third-order valence-corrected chi connectivity index (χ3v) is 11.9. The fourth-order valence-electron chi connectivity index (χ4n) is 7.86. The fraction of sp³-hybridized carbons (Fsp3) is 0.852. The quantitative estimate of drug-likeness (QED) is 0.0245. The Bertz CT molecular complexity index is 977. The van der Waals surface area contributed by atoms with Crippen LogP contribution < -0.4 is 5.32 Å². The van der Waals surface area contributed by atoms with E-state index in [2.05, 4.69) is 43.5 Å². The molecule has 352 valence electrons. The minimum absolute atomic E-state index is 0.0126. The molecule has 0 aromatic heterocycles. The molecule has 0 aliphatic carbocycles. The first-order chi connectivity index (χ1) is 29.5. The van der Waals surface area contributed by atoms with Crippen LogP contribution in [0.4, 0.5) is 0 Å². The number of allylic oxidation sites excluding steroid dienone is 5. The zero-order valence-electron chi connectivity index (χ0n) is 39.9. The predicted octanol–water partition coefficient (Wildman–Crippen LogP) is 15.7. The van der Waals surface area contributed by atoms with E-state index in [0.29, 0.717) is 19.4 Å². The van der Waals surface area contributed by atoms with Crippen LogP contribution in [-0.2, 0) is 14.3 Å². The maximum atomic E-state index is 12.4. The highest BCUT2D eigenvalue weighted by molar-refractivity contribution is 5.76. The summed E-state index contributed by atoms with van der Waals surface area (Å²) in [5.74, 6) is -0.0930. The van der Waals surface area contributed by atoms with Gasteiger partial charge in [0.15, 0.2) is 0 Å². The van der Waals surface area contributed by atoms with Crippen LogP contribution in [-0.4, -0.2) is 47.4 Å². The molecule has 0 heterocycles. The molecular weight excluding hydrogens is 743 g/mol. The van der Waals surface area contributed by atoms with Crippen LogP contribution in [0.25, 0.3) is 0 Å². The second-order valence-electron chi connectivity index (χ2n) is 17.9. The first-order valence-electron chi connectivity index (χ1n) is 26.3. The van der Waals surface area contributed by atoms with Gasteiger partial charge in [0.1, 0.15) is 0 Å². The Morgan fingerprint density at radius 1 is 0.467 bits per heavy atom. The van der Waals surface area contributed by atoms with Gasteiger partial charge in [0, 0.05) is 12.8 Å². The molecule has 6 nitrogen and oxygen atoms in total. The van der Waals surface area contributed by atoms with Gasteiger partial charge in [-0.1, -0.05) is 230 Å². The minimum Gasteiger partial charge on any atom is -0.466 e. The fourth-order valence-corrected chi connectivity index (χ4v) is 7.86. The van der Waals surface area contributed by atoms with Crippen molar-refractivity contribution < 1.29 is 24.5 Å². The molecule has 0 saturated heterocycles. The smallest absolute Gasteiger partial charge is 0.305 e. The molecule has 6 heteroatoms. The SMILES string of the molecule is CCCCCCCCCC/C=C/C(O)C(CO)NC(=O)CCCCCCCCCCCC/C=C\C=C/CCCCCOC(=O)CCCCCCCCCCCCCCCC. The lowest BCUT2D eigenvalue weighted by Gasteiger charge is -2.20. The van der Waals surface area contributed by atoms with Gasteiger partial charge in [-0.25, -0.2) is 0 Å². The van der Waals surface area contributed by atoms with Gasteiger partial charge in [0.2, 0.25) is 5.91 Å². The van der Waals surface area contributed by atoms with Gasteiger partial charge in [-0.15, -0.1) is 0 Å². The summed E-state index contributed by atoms with van der Waals surface area (Å²) < 4.78 is 5.45. The Morgan fingerprint density at radius 2 is 0.817 bits per heavy atom. The van der Waals surface area contributed by atoms with Crippen molar-refractivity contribution in [1.82, 2.24) is 5.32 Å². The van der Waals surface area contributed by atoms with E-state index >= 15 is 0 Å². The Labute approximate surface area is 373 Å². The molecule has 0 saturated carbocycles. The molecule has 2 atom stereocenters. The molecule has 0 fully saturated rings. The number of rotatable bonds is 48. The largest absolute Gasteiger partial charge is 0.466 e. The molecular formula is C54H101NO5. The van der Waals surface area contributed by atoms with Gasteiger partial charge in [-0.3, -0.25) is 9.59 Å². The third-order valence-electron chi connectivity index (χ3n) is 11.9. The number of aliphatic hydroxyl groups is 2. The van der Waals surface area contributed by atoms with E-state index in [4.69, 9.17) is 4.74 Å². The lowest BCUT2D eigenvalue weighted by molar-refractivity contribution is -0.143. The molecule has 0 aromatic rings. The summed E-state index contributed by atoms with van der Waals surface area (Å²) >= 11 is 0. The monoisotopic (exact) mass is 844 g/mol. The van der Waals surface area contributed by atoms with E-state index in [1.807, 2.05) is 6.08 Å². The molecule has 3 N–H and O–H groups in total. The number of amides is 1. The van der Waals surface area contributed by atoms with Crippen molar-refractivity contribution in [2.24, 2.45) is 0 Å². The molecule has 0 aromatic carbocycles. The number of hydrogen-bond acceptors (Lipinski definition) is 5. The maximum Gasteiger partial charge on any atom is 0.305 e. The summed E-state index contributed by atoms with van der Waals surface area (Å²) in [6.45, 7) is 4.84. The van der Waals surface area contributed by atoms with Crippen LogP contribution >= 0.6 is 0 Å². The van der Waals surface area contributed by atoms with Gasteiger partial charge in [-0.05, 0) is 64.2 Å². The van der Waals surface area contributed by atoms with Crippen molar-refractivity contribution >= 4 is 11.9 Å². The number of carbonyl (C=O) groups excluding carboxylic acids is 2. The zero-order chi connectivity index (χ0) is 43.7. The molecule has 0 rings (SSSR count). The third kappa shape index (κ3) is 45.6. The molecule has 0 bridgehead atoms. The van der Waals surface area contributed by atoms with Crippen LogP contribution in [0.1, 0.15) is 271 Å². The van der Waals surface area contributed by atoms with Crippen molar-refractivity contribution in [2.45, 2.75) is 283 Å². The number of ether oxygens (including phenoxy) is 1. The molecule has 0 spiro atoms. The van der Waals surface area contributed by atoms with E-state index < -0.39 is 12.1 Å². The van der Waals surface area contributed by atoms with Crippen molar-refractivity contribution in [2.75, 3.05) is 13.2 Å². The van der Waals surface area contributed by atoms with Crippen LogP contribution in [0, 0.1) is 0 Å². The molecule has 0 aliphatic heterocycles. The van der Waals surface area contributed by atoms with E-state index in [1.165, 1.54) is 167 Å². The second-order valence-corrected chi connectivity index (χ2v) is 17.9. The van der Waals surface area contributed by atoms with E-state index in [1.54, 1.807) is 6.08 Å². The highest BCUT2D eigenvalue weighted by atomic mass is 16.5. The van der Waals surface area contributed by atoms with Crippen molar-refractivity contribution in [3.8, 4) is 0 Å². The summed E-state index contributed by atoms with van der Waals surface area (Å²) in [4.78, 5) is 24.4. The van der Waals surface area contributed by atoms with Gasteiger partial charge in [-0.2, -0.15) is 0 Å². The first kappa shape index (κ1) is 58.1. The van der Waals surface area contributed by atoms with Crippen molar-refractivity contribution in [1.29, 1.82) is 0 Å². The average Bonchev–Trinajstić information content (AvgIpc) is 3.25. The minimum atomic E-state index is -0.849. The van der Waals surface area contributed by atoms with E-state index in [0.717, 1.165) is 77.0 Å². The predicted molar refractivity (Wildman–Crippen MR) is 259 cm³/mol. The van der Waals surface area contributed by atoms with Crippen LogP contribution in [0.5, 0.6) is 0 Å². The van der Waals surface area contributed by atoms with Crippen molar-refractivity contribution in [3.63, 3.8) is 0 Å². The first-order valence-corrected chi connectivity index (χ1v) is 26.3. The number of aliphatic hydroxyl groups excluding tert-OH is 2. The molecule has 1 amide bonds. The number of esters is 1. The zero-order valence-corrected chi connectivity index (χ0v) is 39.9. The molecule has 0 radical (unpaired) electrons.